The van der Waals surface area contributed by atoms with Crippen molar-refractivity contribution in [3.8, 4) is 0 Å². The molecule has 2 aromatic rings. The van der Waals surface area contributed by atoms with Crippen LogP contribution in [0, 0.1) is 6.92 Å². The molecule has 0 spiro atoms. The number of benzene rings is 2. The monoisotopic (exact) mass is 567 g/mol. The summed E-state index contributed by atoms with van der Waals surface area (Å²) in [5, 5.41) is 0. The van der Waals surface area contributed by atoms with Crippen molar-refractivity contribution in [2.24, 2.45) is 0 Å². The molecule has 0 aliphatic carbocycles. The zero-order valence-electron chi connectivity index (χ0n) is 22.0. The molecule has 0 atom stereocenters. The normalized spacial score (nSPS) is 16.4. The van der Waals surface area contributed by atoms with Crippen molar-refractivity contribution in [1.82, 2.24) is 0 Å². The Morgan fingerprint density at radius 3 is 2.05 bits per heavy atom. The van der Waals surface area contributed by atoms with Crippen LogP contribution in [0.3, 0.4) is 0 Å². The van der Waals surface area contributed by atoms with Gasteiger partial charge in [0.1, 0.15) is 9.81 Å². The topological polar surface area (TPSA) is 72.9 Å². The number of thiocarbonyl (C=S) groups is 1. The van der Waals surface area contributed by atoms with Crippen LogP contribution < -0.4 is 4.90 Å². The number of rotatable bonds is 6. The van der Waals surface area contributed by atoms with Gasteiger partial charge in [0, 0.05) is 11.1 Å². The molecule has 4 rings (SSSR count). The van der Waals surface area contributed by atoms with E-state index < -0.39 is 17.5 Å². The van der Waals surface area contributed by atoms with Crippen LogP contribution in [0.2, 0.25) is 0 Å². The van der Waals surface area contributed by atoms with Gasteiger partial charge in [0.15, 0.2) is 0 Å². The Bertz CT molecular complexity index is 1350. The molecule has 0 unspecified atom stereocenters. The second kappa shape index (κ2) is 11.5. The third kappa shape index (κ3) is 5.32. The van der Waals surface area contributed by atoms with Gasteiger partial charge in [0.2, 0.25) is 5.91 Å². The molecule has 0 bridgehead atoms. The van der Waals surface area contributed by atoms with E-state index in [1.807, 2.05) is 69.3 Å². The fraction of sp³-hybridized carbons (Fsp3) is 0.310. The Labute approximate surface area is 236 Å². The van der Waals surface area contributed by atoms with E-state index in [1.165, 1.54) is 23.5 Å². The Morgan fingerprint density at radius 1 is 0.921 bits per heavy atom. The minimum atomic E-state index is -0.844. The van der Waals surface area contributed by atoms with Crippen LogP contribution in [-0.2, 0) is 30.3 Å². The molecule has 0 N–H and O–H groups in total. The molecule has 0 fully saturated rings. The lowest BCUT2D eigenvalue weighted by atomic mass is 9.82. The first-order valence-corrected chi connectivity index (χ1v) is 14.4. The van der Waals surface area contributed by atoms with E-state index in [0.29, 0.717) is 9.10 Å². The van der Waals surface area contributed by atoms with E-state index >= 15 is 0 Å². The summed E-state index contributed by atoms with van der Waals surface area (Å²) in [7, 11) is 0. The number of amides is 1. The standard InChI is InChI=1S/C29H29NO5S3/c1-6-34-26(32)23-24(27(33)35-7-2)38-28(37-23)22-19-15-17(3)13-14-20(19)30(29(4,5)25(22)36)21(31)16-18-11-9-8-10-12-18/h8-15H,6-7,16H2,1-5H3. The molecule has 2 aliphatic heterocycles. The Morgan fingerprint density at radius 2 is 1.50 bits per heavy atom. The molecular formula is C29H29NO5S3. The maximum absolute atomic E-state index is 13.7. The molecule has 38 heavy (non-hydrogen) atoms. The number of aryl methyl sites for hydroxylation is 1. The highest BCUT2D eigenvalue weighted by molar-refractivity contribution is 8.29. The number of hydrogen-bond acceptors (Lipinski definition) is 8. The molecule has 9 heteroatoms. The summed E-state index contributed by atoms with van der Waals surface area (Å²) < 4.78 is 11.2. The van der Waals surface area contributed by atoms with Gasteiger partial charge in [-0.15, -0.1) is 0 Å². The molecular weight excluding hydrogens is 539 g/mol. The van der Waals surface area contributed by atoms with Crippen LogP contribution in [0.4, 0.5) is 5.69 Å². The summed E-state index contributed by atoms with van der Waals surface area (Å²) in [5.74, 6) is -1.22. The number of carbonyl (C=O) groups excluding carboxylic acids is 3. The van der Waals surface area contributed by atoms with Gasteiger partial charge < -0.3 is 14.4 Å². The summed E-state index contributed by atoms with van der Waals surface area (Å²) in [5.41, 5.74) is 3.34. The second-order valence-corrected chi connectivity index (χ2v) is 12.0. The van der Waals surface area contributed by atoms with Gasteiger partial charge in [-0.3, -0.25) is 4.79 Å². The molecule has 0 saturated heterocycles. The van der Waals surface area contributed by atoms with Gasteiger partial charge in [-0.2, -0.15) is 0 Å². The first kappa shape index (κ1) is 28.1. The minimum absolute atomic E-state index is 0.0676. The molecule has 2 aromatic carbocycles. The van der Waals surface area contributed by atoms with Crippen LogP contribution in [0.15, 0.2) is 62.6 Å². The molecule has 198 valence electrons. The van der Waals surface area contributed by atoms with Crippen LogP contribution in [0.1, 0.15) is 44.4 Å². The van der Waals surface area contributed by atoms with Crippen molar-refractivity contribution in [2.75, 3.05) is 18.1 Å². The summed E-state index contributed by atoms with van der Waals surface area (Å²) in [6.45, 7) is 9.63. The molecule has 0 saturated carbocycles. The fourth-order valence-electron chi connectivity index (χ4n) is 4.44. The largest absolute Gasteiger partial charge is 0.462 e. The van der Waals surface area contributed by atoms with Crippen molar-refractivity contribution in [3.63, 3.8) is 0 Å². The Balaban J connectivity index is 1.84. The average molecular weight is 568 g/mol. The highest BCUT2D eigenvalue weighted by atomic mass is 32.2. The maximum atomic E-state index is 13.7. The highest BCUT2D eigenvalue weighted by Gasteiger charge is 2.46. The Hall–Kier alpha value is -2.88. The first-order valence-electron chi connectivity index (χ1n) is 12.3. The van der Waals surface area contributed by atoms with E-state index in [1.54, 1.807) is 18.7 Å². The van der Waals surface area contributed by atoms with Crippen LogP contribution in [-0.4, -0.2) is 41.5 Å². The fourth-order valence-corrected chi connectivity index (χ4v) is 7.42. The Kier molecular flexibility index (Phi) is 8.49. The zero-order chi connectivity index (χ0) is 27.6. The molecule has 2 aliphatic rings. The number of anilines is 1. The van der Waals surface area contributed by atoms with E-state index in [4.69, 9.17) is 21.7 Å². The van der Waals surface area contributed by atoms with E-state index in [0.717, 1.165) is 28.0 Å². The second-order valence-electron chi connectivity index (χ2n) is 9.27. The summed E-state index contributed by atoms with van der Waals surface area (Å²) in [4.78, 5) is 42.0. The van der Waals surface area contributed by atoms with Crippen molar-refractivity contribution in [1.29, 1.82) is 0 Å². The van der Waals surface area contributed by atoms with Gasteiger partial charge >= 0.3 is 11.9 Å². The number of esters is 2. The zero-order valence-corrected chi connectivity index (χ0v) is 24.4. The summed E-state index contributed by atoms with van der Waals surface area (Å²) >= 11 is 8.40. The highest BCUT2D eigenvalue weighted by Crippen LogP contribution is 2.56. The predicted octanol–water partition coefficient (Wildman–Crippen LogP) is 6.22. The van der Waals surface area contributed by atoms with Gasteiger partial charge in [-0.25, -0.2) is 9.59 Å². The lowest BCUT2D eigenvalue weighted by molar-refractivity contribution is -0.140. The first-order chi connectivity index (χ1) is 18.1. The summed E-state index contributed by atoms with van der Waals surface area (Å²) in [6.07, 6.45) is 0.233. The van der Waals surface area contributed by atoms with Crippen molar-refractivity contribution in [3.05, 3.63) is 79.3 Å². The SMILES string of the molecule is CCOC(=O)C1=C(C(=O)OCC)SC(=C2C(=S)C(C)(C)N(C(=O)Cc3ccccc3)c3ccc(C)cc32)S1. The number of nitrogens with zero attached hydrogens (tertiary/aromatic N) is 1. The smallest absolute Gasteiger partial charge is 0.346 e. The number of fused-ring (bicyclic) bond motifs is 1. The predicted molar refractivity (Wildman–Crippen MR) is 158 cm³/mol. The van der Waals surface area contributed by atoms with Gasteiger partial charge in [-0.1, -0.05) is 77.7 Å². The van der Waals surface area contributed by atoms with Crippen molar-refractivity contribution < 1.29 is 23.9 Å². The van der Waals surface area contributed by atoms with E-state index in [9.17, 15) is 14.4 Å². The van der Waals surface area contributed by atoms with Crippen LogP contribution in [0.25, 0.3) is 5.57 Å². The minimum Gasteiger partial charge on any atom is -0.462 e. The van der Waals surface area contributed by atoms with Gasteiger partial charge in [0.05, 0.1) is 40.0 Å². The molecule has 6 nitrogen and oxygen atoms in total. The van der Waals surface area contributed by atoms with Crippen molar-refractivity contribution in [2.45, 2.75) is 46.6 Å². The number of thioether (sulfide) groups is 2. The van der Waals surface area contributed by atoms with Gasteiger partial charge in [0.25, 0.3) is 0 Å². The molecule has 1 amide bonds. The van der Waals surface area contributed by atoms with E-state index in [2.05, 4.69) is 0 Å². The number of carbonyl (C=O) groups is 3. The van der Waals surface area contributed by atoms with Crippen LogP contribution >= 0.6 is 35.7 Å². The molecule has 2 heterocycles. The third-order valence-corrected chi connectivity index (χ3v) is 9.43. The molecule has 0 radical (unpaired) electrons. The van der Waals surface area contributed by atoms with E-state index in [-0.39, 0.29) is 35.4 Å². The third-order valence-electron chi connectivity index (χ3n) is 6.17. The quantitative estimate of drug-likeness (QED) is 0.232. The van der Waals surface area contributed by atoms with Crippen molar-refractivity contribution >= 4 is 69.7 Å². The van der Waals surface area contributed by atoms with Gasteiger partial charge in [-0.05, 0) is 52.3 Å². The lowest BCUT2D eigenvalue weighted by Crippen LogP contribution is -2.56. The number of hydrogen-bond donors (Lipinski definition) is 0. The lowest BCUT2D eigenvalue weighted by Gasteiger charge is -2.45. The maximum Gasteiger partial charge on any atom is 0.346 e. The molecule has 0 aromatic heterocycles. The summed E-state index contributed by atoms with van der Waals surface area (Å²) in [6, 6.07) is 15.5. The average Bonchev–Trinajstić information content (AvgIpc) is 3.31. The van der Waals surface area contributed by atoms with Crippen LogP contribution in [0.5, 0.6) is 0 Å². The number of ether oxygens (including phenoxy) is 2.